The second-order valence-electron chi connectivity index (χ2n) is 7.63. The second-order valence-corrected chi connectivity index (χ2v) is 9.34. The van der Waals surface area contributed by atoms with E-state index in [1.54, 1.807) is 7.11 Å². The summed E-state index contributed by atoms with van der Waals surface area (Å²) in [7, 11) is 1.74. The molecule has 6 heteroatoms. The summed E-state index contributed by atoms with van der Waals surface area (Å²) < 4.78 is 7.36. The molecule has 1 aliphatic rings. The highest BCUT2D eigenvalue weighted by Crippen LogP contribution is 2.29. The van der Waals surface area contributed by atoms with Crippen molar-refractivity contribution in [1.82, 2.24) is 19.9 Å². The molecule has 3 heterocycles. The molecule has 0 saturated carbocycles. The maximum atomic E-state index is 5.49. The van der Waals surface area contributed by atoms with Crippen LogP contribution in [-0.2, 0) is 15.4 Å². The van der Waals surface area contributed by atoms with Gasteiger partial charge in [-0.2, -0.15) is 9.28 Å². The first kappa shape index (κ1) is 19.3. The molecule has 5 nitrogen and oxygen atoms in total. The number of nitrogens with zero attached hydrogens (tertiary/aromatic N) is 3. The molecule has 2 aromatic heterocycles. The zero-order valence-electron chi connectivity index (χ0n) is 17.2. The molecule has 0 amide bonds. The Hall–Kier alpha value is -2.67. The maximum absolute atomic E-state index is 5.49. The van der Waals surface area contributed by atoms with Gasteiger partial charge in [0.25, 0.3) is 0 Å². The van der Waals surface area contributed by atoms with Crippen molar-refractivity contribution in [3.63, 3.8) is 0 Å². The van der Waals surface area contributed by atoms with Crippen molar-refractivity contribution in [1.29, 1.82) is 0 Å². The van der Waals surface area contributed by atoms with Crippen LogP contribution in [0, 0.1) is 0 Å². The third kappa shape index (κ3) is 3.62. The van der Waals surface area contributed by atoms with E-state index in [0.717, 1.165) is 41.0 Å². The summed E-state index contributed by atoms with van der Waals surface area (Å²) in [5, 5.41) is 8.01. The minimum Gasteiger partial charge on any atom is -0.316 e. The van der Waals surface area contributed by atoms with Crippen molar-refractivity contribution in [3.8, 4) is 22.3 Å². The summed E-state index contributed by atoms with van der Waals surface area (Å²) >= 11 is -0.229. The summed E-state index contributed by atoms with van der Waals surface area (Å²) in [6.07, 6.45) is 9.18. The zero-order valence-corrected chi connectivity index (χ0v) is 18.0. The molecule has 1 aliphatic heterocycles. The van der Waals surface area contributed by atoms with Crippen LogP contribution in [0.25, 0.3) is 27.9 Å². The van der Waals surface area contributed by atoms with Crippen LogP contribution in [0.15, 0.2) is 72.0 Å². The first-order valence-corrected chi connectivity index (χ1v) is 11.7. The van der Waals surface area contributed by atoms with Gasteiger partial charge < -0.3 is 5.32 Å². The topological polar surface area (TPSA) is 51.5 Å². The van der Waals surface area contributed by atoms with Crippen molar-refractivity contribution in [2.24, 2.45) is 0 Å². The first-order chi connectivity index (χ1) is 14.7. The molecule has 2 atom stereocenters. The fourth-order valence-electron chi connectivity index (χ4n) is 4.05. The fraction of sp³-hybridized carbons (Fsp3) is 0.250. The number of hydrogen-bond donors (Lipinski definition) is 1. The van der Waals surface area contributed by atoms with Crippen molar-refractivity contribution in [3.05, 3.63) is 72.7 Å². The minimum atomic E-state index is -0.229. The van der Waals surface area contributed by atoms with E-state index >= 15 is 0 Å². The van der Waals surface area contributed by atoms with Crippen LogP contribution in [0.2, 0.25) is 0 Å². The highest BCUT2D eigenvalue weighted by atomic mass is 32.2. The molecule has 2 aromatic carbocycles. The van der Waals surface area contributed by atoms with Crippen molar-refractivity contribution >= 4 is 16.8 Å². The number of benzene rings is 2. The Labute approximate surface area is 179 Å². The summed E-state index contributed by atoms with van der Waals surface area (Å²) in [4.78, 5) is 5.92. The van der Waals surface area contributed by atoms with Gasteiger partial charge in [0.1, 0.15) is 6.26 Å². The Balaban J connectivity index is 1.45. The van der Waals surface area contributed by atoms with Gasteiger partial charge in [0.05, 0.1) is 13.3 Å². The summed E-state index contributed by atoms with van der Waals surface area (Å²) in [5.41, 5.74) is 6.63. The Bertz CT molecular complexity index is 1170. The molecule has 1 fully saturated rings. The molecule has 0 aliphatic carbocycles. The standard InChI is InChI=1S/C24H25N4OS/c1-29-30(2)22-5-3-4-19(12-22)23-15-27-28-16-21(14-26-24(23)28)18-8-6-17(7-9-18)20-10-11-25-13-20/h3-9,12,14-16,20,25H,10-11,13H2,1-2H3/q+1. The van der Waals surface area contributed by atoms with Crippen LogP contribution < -0.4 is 5.32 Å². The lowest BCUT2D eigenvalue weighted by atomic mass is 9.96. The molecular weight excluding hydrogens is 392 g/mol. The fourth-order valence-corrected chi connectivity index (χ4v) is 4.81. The Morgan fingerprint density at radius 1 is 1.07 bits per heavy atom. The smallest absolute Gasteiger partial charge is 0.190 e. The Kier molecular flexibility index (Phi) is 5.29. The first-order valence-electron chi connectivity index (χ1n) is 10.2. The van der Waals surface area contributed by atoms with Gasteiger partial charge in [-0.1, -0.05) is 36.4 Å². The van der Waals surface area contributed by atoms with Crippen LogP contribution in [0.5, 0.6) is 0 Å². The van der Waals surface area contributed by atoms with E-state index in [4.69, 9.17) is 9.17 Å². The zero-order chi connectivity index (χ0) is 20.5. The van der Waals surface area contributed by atoms with Gasteiger partial charge in [0.15, 0.2) is 21.7 Å². The van der Waals surface area contributed by atoms with Crippen LogP contribution in [0.3, 0.4) is 0 Å². The van der Waals surface area contributed by atoms with Crippen LogP contribution in [-0.4, -0.2) is 41.1 Å². The lowest BCUT2D eigenvalue weighted by Crippen LogP contribution is -2.07. The average molecular weight is 418 g/mol. The molecule has 1 N–H and O–H groups in total. The monoisotopic (exact) mass is 417 g/mol. The van der Waals surface area contributed by atoms with Gasteiger partial charge in [-0.3, -0.25) is 0 Å². The summed E-state index contributed by atoms with van der Waals surface area (Å²) in [6.45, 7) is 2.19. The number of hydrogen-bond acceptors (Lipinski definition) is 4. The van der Waals surface area contributed by atoms with E-state index in [1.807, 2.05) is 16.9 Å². The Morgan fingerprint density at radius 3 is 2.70 bits per heavy atom. The van der Waals surface area contributed by atoms with Gasteiger partial charge in [-0.05, 0) is 41.6 Å². The van der Waals surface area contributed by atoms with Gasteiger partial charge >= 0.3 is 0 Å². The van der Waals surface area contributed by atoms with Crippen LogP contribution in [0.1, 0.15) is 17.9 Å². The lowest BCUT2D eigenvalue weighted by molar-refractivity contribution is 0.476. The van der Waals surface area contributed by atoms with E-state index in [-0.39, 0.29) is 11.2 Å². The van der Waals surface area contributed by atoms with E-state index in [1.165, 1.54) is 16.9 Å². The number of rotatable bonds is 5. The average Bonchev–Trinajstić information content (AvgIpc) is 3.48. The highest BCUT2D eigenvalue weighted by Gasteiger charge is 2.18. The quantitative estimate of drug-likeness (QED) is 0.492. The predicted molar refractivity (Wildman–Crippen MR) is 123 cm³/mol. The molecule has 30 heavy (non-hydrogen) atoms. The molecule has 0 radical (unpaired) electrons. The molecular formula is C24H25N4OS+. The van der Waals surface area contributed by atoms with Crippen molar-refractivity contribution in [2.75, 3.05) is 26.5 Å². The molecule has 2 unspecified atom stereocenters. The largest absolute Gasteiger partial charge is 0.316 e. The maximum Gasteiger partial charge on any atom is 0.190 e. The minimum absolute atomic E-state index is 0.229. The van der Waals surface area contributed by atoms with Gasteiger partial charge in [-0.15, -0.1) is 0 Å². The van der Waals surface area contributed by atoms with E-state index in [2.05, 4.69) is 71.4 Å². The predicted octanol–water partition coefficient (Wildman–Crippen LogP) is 4.31. The van der Waals surface area contributed by atoms with Gasteiger partial charge in [0, 0.05) is 36.1 Å². The van der Waals surface area contributed by atoms with Crippen molar-refractivity contribution < 1.29 is 4.18 Å². The number of fused-ring (bicyclic) bond motifs is 1. The molecule has 152 valence electrons. The molecule has 0 bridgehead atoms. The van der Waals surface area contributed by atoms with E-state index in [0.29, 0.717) is 5.92 Å². The van der Waals surface area contributed by atoms with Gasteiger partial charge in [-0.25, -0.2) is 9.50 Å². The molecule has 0 spiro atoms. The van der Waals surface area contributed by atoms with E-state index in [9.17, 15) is 0 Å². The second kappa shape index (κ2) is 8.22. The highest BCUT2D eigenvalue weighted by molar-refractivity contribution is 7.91. The van der Waals surface area contributed by atoms with Crippen molar-refractivity contribution in [2.45, 2.75) is 17.2 Å². The van der Waals surface area contributed by atoms with Gasteiger partial charge in [0.2, 0.25) is 0 Å². The summed E-state index contributed by atoms with van der Waals surface area (Å²) in [5.74, 6) is 0.630. The van der Waals surface area contributed by atoms with Crippen LogP contribution in [0.4, 0.5) is 0 Å². The van der Waals surface area contributed by atoms with Crippen LogP contribution >= 0.6 is 0 Å². The molecule has 5 rings (SSSR count). The number of aromatic nitrogens is 3. The third-order valence-corrected chi connectivity index (χ3v) is 7.28. The lowest BCUT2D eigenvalue weighted by Gasteiger charge is -2.10. The van der Waals surface area contributed by atoms with E-state index < -0.39 is 0 Å². The molecule has 1 saturated heterocycles. The summed E-state index contributed by atoms with van der Waals surface area (Å²) in [6, 6.07) is 17.3. The Morgan fingerprint density at radius 2 is 1.93 bits per heavy atom. The number of nitrogens with one attached hydrogen (secondary N) is 1. The molecule has 4 aromatic rings. The third-order valence-electron chi connectivity index (χ3n) is 5.86. The normalized spacial score (nSPS) is 17.5. The SMILES string of the molecule is CO[S+](C)c1cccc(-c2cnn3cc(-c4ccc(C5CCNC5)cc4)cnc23)c1.